The van der Waals surface area contributed by atoms with Crippen LogP contribution in [0.4, 0.5) is 0 Å². The molecule has 1 amide bonds. The first-order chi connectivity index (χ1) is 9.49. The lowest BCUT2D eigenvalue weighted by Crippen LogP contribution is -2.21. The summed E-state index contributed by atoms with van der Waals surface area (Å²) in [5.41, 5.74) is 9.58. The van der Waals surface area contributed by atoms with Crippen LogP contribution in [-0.4, -0.2) is 15.3 Å². The smallest absolute Gasteiger partial charge is 0.249 e. The molecule has 2 rings (SSSR count). The minimum absolute atomic E-state index is 0.419. The first-order valence-corrected chi connectivity index (χ1v) is 7.26. The average Bonchev–Trinajstić information content (AvgIpc) is 2.72. The third kappa shape index (κ3) is 3.25. The van der Waals surface area contributed by atoms with Crippen molar-refractivity contribution < 1.29 is 4.79 Å². The second-order valence-corrected chi connectivity index (χ2v) is 5.69. The Morgan fingerprint density at radius 2 is 2.00 bits per heavy atom. The molecule has 3 nitrogen and oxygen atoms in total. The van der Waals surface area contributed by atoms with Crippen molar-refractivity contribution in [2.45, 2.75) is 39.7 Å². The Kier molecular flexibility index (Phi) is 4.55. The molecular weight excluding hydrogens is 268 g/mol. The fourth-order valence-electron chi connectivity index (χ4n) is 2.53. The quantitative estimate of drug-likeness (QED) is 0.847. The van der Waals surface area contributed by atoms with Gasteiger partial charge in [0.05, 0.1) is 5.57 Å². The Hall–Kier alpha value is -1.68. The summed E-state index contributed by atoms with van der Waals surface area (Å²) in [6.45, 7) is 5.24. The lowest BCUT2D eigenvalue weighted by atomic mass is 9.96. The van der Waals surface area contributed by atoms with Crippen molar-refractivity contribution in [3.05, 3.63) is 46.8 Å². The fraction of sp³-hybridized carbons (Fsp3) is 0.375. The number of hydrogen-bond donors (Lipinski definition) is 1. The second-order valence-electron chi connectivity index (χ2n) is 5.20. The van der Waals surface area contributed by atoms with Crippen molar-refractivity contribution in [2.24, 2.45) is 5.73 Å². The van der Waals surface area contributed by atoms with Gasteiger partial charge in [-0.2, -0.15) is 0 Å². The number of carbonyl (C=O) groups excluding carboxylic acids is 1. The number of nitrogens with zero attached hydrogens (tertiary/aromatic N) is 1. The average molecular weight is 288 g/mol. The molecule has 1 aromatic heterocycles. The van der Waals surface area contributed by atoms with E-state index in [4.69, 9.17) is 18.0 Å². The molecule has 0 radical (unpaired) electrons. The standard InChI is InChI=1S/C16H20N2OS/c1-11-5-6-12(2)18(11)9-3-4-13-7-8-15(20)14(10-13)16(17)19/h5-7,10H,3-4,8-9H2,1-2H3,(H2,17,19). The highest BCUT2D eigenvalue weighted by Gasteiger charge is 2.15. The summed E-state index contributed by atoms with van der Waals surface area (Å²) in [7, 11) is 0. The van der Waals surface area contributed by atoms with Crippen LogP contribution in [0.2, 0.25) is 0 Å². The van der Waals surface area contributed by atoms with Crippen LogP contribution in [0.25, 0.3) is 0 Å². The molecule has 20 heavy (non-hydrogen) atoms. The predicted molar refractivity (Wildman–Crippen MR) is 85.7 cm³/mol. The molecule has 0 saturated carbocycles. The van der Waals surface area contributed by atoms with E-state index < -0.39 is 5.91 Å². The van der Waals surface area contributed by atoms with Crippen LogP contribution in [0.15, 0.2) is 35.4 Å². The summed E-state index contributed by atoms with van der Waals surface area (Å²) in [6, 6.07) is 4.28. The molecule has 1 aliphatic rings. The Bertz CT molecular complexity index is 588. The number of hydrogen-bond acceptors (Lipinski definition) is 2. The van der Waals surface area contributed by atoms with Crippen LogP contribution in [0.1, 0.15) is 30.7 Å². The Morgan fingerprint density at radius 3 is 2.60 bits per heavy atom. The molecule has 4 heteroatoms. The van der Waals surface area contributed by atoms with Crippen LogP contribution in [0.3, 0.4) is 0 Å². The van der Waals surface area contributed by atoms with Crippen molar-refractivity contribution in [1.82, 2.24) is 4.57 Å². The Balaban J connectivity index is 1.95. The largest absolute Gasteiger partial charge is 0.366 e. The lowest BCUT2D eigenvalue weighted by Gasteiger charge is -2.14. The number of rotatable bonds is 5. The maximum atomic E-state index is 11.3. The zero-order valence-corrected chi connectivity index (χ0v) is 12.8. The van der Waals surface area contributed by atoms with Gasteiger partial charge < -0.3 is 10.3 Å². The first kappa shape index (κ1) is 14.7. The van der Waals surface area contributed by atoms with Crippen molar-refractivity contribution in [1.29, 1.82) is 0 Å². The van der Waals surface area contributed by atoms with Crippen molar-refractivity contribution in [2.75, 3.05) is 0 Å². The van der Waals surface area contributed by atoms with E-state index in [1.54, 1.807) is 0 Å². The van der Waals surface area contributed by atoms with Gasteiger partial charge in [-0.05, 0) is 44.9 Å². The number of aryl methyl sites for hydroxylation is 2. The fourth-order valence-corrected chi connectivity index (χ4v) is 2.78. The number of thiocarbonyl (C=S) groups is 1. The zero-order chi connectivity index (χ0) is 14.7. The van der Waals surface area contributed by atoms with Gasteiger partial charge in [-0.1, -0.05) is 23.9 Å². The highest BCUT2D eigenvalue weighted by atomic mass is 32.1. The summed E-state index contributed by atoms with van der Waals surface area (Å²) in [6.07, 6.45) is 6.59. The number of allylic oxidation sites excluding steroid dienone is 3. The van der Waals surface area contributed by atoms with E-state index in [0.717, 1.165) is 25.0 Å². The number of primary amides is 1. The van der Waals surface area contributed by atoms with Crippen molar-refractivity contribution >= 4 is 23.0 Å². The van der Waals surface area contributed by atoms with E-state index >= 15 is 0 Å². The minimum atomic E-state index is -0.419. The molecule has 0 saturated heterocycles. The SMILES string of the molecule is Cc1ccc(C)n1CCCC1=CCC(=S)C(C(N)=O)=C1. The molecule has 0 aromatic carbocycles. The van der Waals surface area contributed by atoms with Crippen LogP contribution in [-0.2, 0) is 11.3 Å². The third-order valence-corrected chi connectivity index (χ3v) is 4.10. The Morgan fingerprint density at radius 1 is 1.35 bits per heavy atom. The molecule has 1 aromatic rings. The zero-order valence-electron chi connectivity index (χ0n) is 12.0. The molecule has 2 N–H and O–H groups in total. The van der Waals surface area contributed by atoms with E-state index in [9.17, 15) is 4.79 Å². The molecule has 0 bridgehead atoms. The number of carbonyl (C=O) groups is 1. The van der Waals surface area contributed by atoms with E-state index in [1.807, 2.05) is 6.08 Å². The molecule has 0 atom stereocenters. The summed E-state index contributed by atoms with van der Waals surface area (Å²) in [4.78, 5) is 11.9. The van der Waals surface area contributed by atoms with E-state index in [2.05, 4.69) is 36.6 Å². The van der Waals surface area contributed by atoms with Gasteiger partial charge in [-0.3, -0.25) is 4.79 Å². The van der Waals surface area contributed by atoms with Gasteiger partial charge in [0.15, 0.2) is 0 Å². The normalized spacial score (nSPS) is 15.0. The van der Waals surface area contributed by atoms with Crippen molar-refractivity contribution in [3.8, 4) is 0 Å². The van der Waals surface area contributed by atoms with Gasteiger partial charge in [-0.15, -0.1) is 0 Å². The predicted octanol–water partition coefficient (Wildman–Crippen LogP) is 3.00. The molecule has 0 unspecified atom stereocenters. The molecule has 0 fully saturated rings. The monoisotopic (exact) mass is 288 g/mol. The van der Waals surface area contributed by atoms with Crippen LogP contribution >= 0.6 is 12.2 Å². The second kappa shape index (κ2) is 6.18. The number of nitrogens with two attached hydrogens (primary N) is 1. The molecule has 1 aliphatic carbocycles. The maximum absolute atomic E-state index is 11.3. The Labute approximate surface area is 125 Å². The highest BCUT2D eigenvalue weighted by molar-refractivity contribution is 7.81. The van der Waals surface area contributed by atoms with Crippen LogP contribution in [0.5, 0.6) is 0 Å². The molecule has 0 aliphatic heterocycles. The molecule has 0 spiro atoms. The van der Waals surface area contributed by atoms with E-state index in [1.165, 1.54) is 11.4 Å². The topological polar surface area (TPSA) is 48.0 Å². The summed E-state index contributed by atoms with van der Waals surface area (Å²) < 4.78 is 2.31. The molecule has 106 valence electrons. The van der Waals surface area contributed by atoms with Gasteiger partial charge in [0.2, 0.25) is 5.91 Å². The van der Waals surface area contributed by atoms with Crippen molar-refractivity contribution in [3.63, 3.8) is 0 Å². The van der Waals surface area contributed by atoms with E-state index in [0.29, 0.717) is 16.9 Å². The third-order valence-electron chi connectivity index (χ3n) is 3.71. The van der Waals surface area contributed by atoms with Crippen LogP contribution < -0.4 is 5.73 Å². The van der Waals surface area contributed by atoms with Gasteiger partial charge in [0, 0.05) is 29.2 Å². The maximum Gasteiger partial charge on any atom is 0.249 e. The summed E-state index contributed by atoms with van der Waals surface area (Å²) >= 11 is 5.15. The van der Waals surface area contributed by atoms with Gasteiger partial charge in [0.25, 0.3) is 0 Å². The van der Waals surface area contributed by atoms with E-state index in [-0.39, 0.29) is 0 Å². The highest BCUT2D eigenvalue weighted by Crippen LogP contribution is 2.20. The molecular formula is C16H20N2OS. The summed E-state index contributed by atoms with van der Waals surface area (Å²) in [5, 5.41) is 0. The van der Waals surface area contributed by atoms with Gasteiger partial charge >= 0.3 is 0 Å². The lowest BCUT2D eigenvalue weighted by molar-refractivity contribution is -0.114. The minimum Gasteiger partial charge on any atom is -0.366 e. The van der Waals surface area contributed by atoms with Gasteiger partial charge in [-0.25, -0.2) is 0 Å². The first-order valence-electron chi connectivity index (χ1n) is 6.85. The molecule has 1 heterocycles. The summed E-state index contributed by atoms with van der Waals surface area (Å²) in [5.74, 6) is -0.419. The van der Waals surface area contributed by atoms with Gasteiger partial charge in [0.1, 0.15) is 0 Å². The van der Waals surface area contributed by atoms with Crippen LogP contribution in [0, 0.1) is 13.8 Å². The number of amides is 1. The number of aromatic nitrogens is 1.